The zero-order valence-corrected chi connectivity index (χ0v) is 31.6. The molecule has 300 valence electrons. The first-order valence-corrected chi connectivity index (χ1v) is 18.2. The van der Waals surface area contributed by atoms with E-state index in [1.54, 1.807) is 27.7 Å². The fourth-order valence-electron chi connectivity index (χ4n) is 5.78. The van der Waals surface area contributed by atoms with Crippen molar-refractivity contribution in [2.75, 3.05) is 26.2 Å². The number of carbonyl (C=O) groups is 8. The third-order valence-electron chi connectivity index (χ3n) is 9.02. The van der Waals surface area contributed by atoms with E-state index in [2.05, 4.69) is 31.9 Å². The van der Waals surface area contributed by atoms with Crippen molar-refractivity contribution >= 4 is 47.3 Å². The summed E-state index contributed by atoms with van der Waals surface area (Å²) in [6, 6.07) is 2.53. The second-order valence-corrected chi connectivity index (χ2v) is 13.9. The molecule has 1 aromatic rings. The van der Waals surface area contributed by atoms with Gasteiger partial charge >= 0.3 is 5.97 Å². The first-order valence-electron chi connectivity index (χ1n) is 18.2. The number of nitrogens with one attached hydrogen (secondary N) is 6. The number of carboxylic acid groups (broad SMARTS) is 1. The monoisotopic (exact) mass is 760 g/mol. The van der Waals surface area contributed by atoms with Crippen LogP contribution in [0.2, 0.25) is 0 Å². The summed E-state index contributed by atoms with van der Waals surface area (Å²) in [6.07, 6.45) is 1.90. The summed E-state index contributed by atoms with van der Waals surface area (Å²) in [5.74, 6) is -6.57. The number of benzene rings is 1. The van der Waals surface area contributed by atoms with Crippen molar-refractivity contribution in [1.82, 2.24) is 36.8 Å². The lowest BCUT2D eigenvalue weighted by molar-refractivity contribution is -0.143. The Morgan fingerprint density at radius 3 is 2.04 bits per heavy atom. The van der Waals surface area contributed by atoms with Gasteiger partial charge < -0.3 is 52.7 Å². The van der Waals surface area contributed by atoms with E-state index in [4.69, 9.17) is 5.73 Å². The highest BCUT2D eigenvalue weighted by Gasteiger charge is 2.36. The maximum absolute atomic E-state index is 13.2. The average Bonchev–Trinajstić information content (AvgIpc) is 3.63. The summed E-state index contributed by atoms with van der Waals surface area (Å²) in [6.45, 7) is 6.75. The van der Waals surface area contributed by atoms with Crippen molar-refractivity contribution in [3.05, 3.63) is 35.9 Å². The Labute approximate surface area is 315 Å². The summed E-state index contributed by atoms with van der Waals surface area (Å²) in [5.41, 5.74) is 7.06. The zero-order valence-electron chi connectivity index (χ0n) is 31.6. The fourth-order valence-corrected chi connectivity index (χ4v) is 5.78. The van der Waals surface area contributed by atoms with Gasteiger partial charge in [0.25, 0.3) is 0 Å². The summed E-state index contributed by atoms with van der Waals surface area (Å²) >= 11 is 0. The number of aliphatic hydroxyl groups excluding tert-OH is 1. The number of nitrogens with zero attached hydrogens (tertiary/aromatic N) is 1. The molecule has 0 aromatic heterocycles. The van der Waals surface area contributed by atoms with Crippen LogP contribution in [0.15, 0.2) is 30.3 Å². The van der Waals surface area contributed by atoms with Crippen LogP contribution in [0.3, 0.4) is 0 Å². The van der Waals surface area contributed by atoms with Gasteiger partial charge in [0.05, 0.1) is 25.7 Å². The number of hydrogen-bond donors (Lipinski definition) is 9. The lowest BCUT2D eigenvalue weighted by Gasteiger charge is -2.27. The van der Waals surface area contributed by atoms with Gasteiger partial charge in [-0.05, 0) is 50.0 Å². The molecule has 2 rings (SSSR count). The molecule has 1 heterocycles. The number of hydrogen-bond acceptors (Lipinski definition) is 10. The number of amides is 7. The van der Waals surface area contributed by atoms with E-state index < -0.39 is 97.4 Å². The maximum Gasteiger partial charge on any atom is 0.326 e. The average molecular weight is 761 g/mol. The van der Waals surface area contributed by atoms with Crippen LogP contribution in [-0.2, 0) is 44.8 Å². The van der Waals surface area contributed by atoms with Gasteiger partial charge in [-0.2, -0.15) is 0 Å². The van der Waals surface area contributed by atoms with E-state index in [1.165, 1.54) is 11.8 Å². The van der Waals surface area contributed by atoms with E-state index in [9.17, 15) is 48.6 Å². The van der Waals surface area contributed by atoms with E-state index in [1.807, 2.05) is 30.3 Å². The first kappa shape index (κ1) is 45.1. The molecule has 54 heavy (non-hydrogen) atoms. The number of carbonyl (C=O) groups excluding carboxylic acids is 7. The predicted molar refractivity (Wildman–Crippen MR) is 196 cm³/mol. The molecule has 0 aliphatic carbocycles. The molecule has 10 N–H and O–H groups in total. The molecule has 1 saturated heterocycles. The Morgan fingerprint density at radius 2 is 1.44 bits per heavy atom. The van der Waals surface area contributed by atoms with Gasteiger partial charge in [-0.3, -0.25) is 33.6 Å². The van der Waals surface area contributed by atoms with Crippen molar-refractivity contribution in [3.63, 3.8) is 0 Å². The molecule has 1 aromatic carbocycles. The van der Waals surface area contributed by atoms with Crippen LogP contribution in [-0.4, -0.2) is 125 Å². The molecule has 0 radical (unpaired) electrons. The molecule has 18 nitrogen and oxygen atoms in total. The number of aliphatic hydroxyl groups is 1. The van der Waals surface area contributed by atoms with Gasteiger partial charge in [0.1, 0.15) is 30.2 Å². The van der Waals surface area contributed by atoms with Crippen LogP contribution in [0.25, 0.3) is 0 Å². The van der Waals surface area contributed by atoms with Crippen LogP contribution in [0.1, 0.15) is 65.9 Å². The highest BCUT2D eigenvalue weighted by molar-refractivity contribution is 5.96. The molecular weight excluding hydrogens is 704 g/mol. The van der Waals surface area contributed by atoms with Crippen LogP contribution in [0, 0.1) is 11.8 Å². The molecule has 1 aliphatic rings. The van der Waals surface area contributed by atoms with Crippen molar-refractivity contribution in [2.45, 2.75) is 103 Å². The van der Waals surface area contributed by atoms with Gasteiger partial charge in [-0.1, -0.05) is 64.4 Å². The van der Waals surface area contributed by atoms with E-state index in [0.717, 1.165) is 5.56 Å². The van der Waals surface area contributed by atoms with Crippen LogP contribution in [0.4, 0.5) is 0 Å². The van der Waals surface area contributed by atoms with Crippen LogP contribution >= 0.6 is 0 Å². The fraction of sp³-hybridized carbons (Fsp3) is 0.611. The molecule has 0 bridgehead atoms. The maximum atomic E-state index is 13.2. The Balaban J connectivity index is 1.91. The highest BCUT2D eigenvalue weighted by Crippen LogP contribution is 2.19. The first-order chi connectivity index (χ1) is 25.5. The van der Waals surface area contributed by atoms with Gasteiger partial charge in [0.2, 0.25) is 41.4 Å². The number of likely N-dealkylation sites (tertiary alicyclic amines) is 1. The summed E-state index contributed by atoms with van der Waals surface area (Å²) < 4.78 is 0. The molecule has 7 amide bonds. The summed E-state index contributed by atoms with van der Waals surface area (Å²) in [4.78, 5) is 103. The lowest BCUT2D eigenvalue weighted by Crippen LogP contribution is -2.58. The van der Waals surface area contributed by atoms with Gasteiger partial charge in [0.15, 0.2) is 0 Å². The SMILES string of the molecule is CC[C@H](C)[C@H](NC(=O)CNC(=O)[C@H](C)NC(=O)[C@H](CO)NC(=O)[C@H](CC(C)C)NC(=O)CNC(=O)[C@@H]1CCCN1C(=O)[C@@H](N)Cc1ccccc1)C(=O)O. The molecule has 1 aliphatic heterocycles. The topological polar surface area (TPSA) is 278 Å². The highest BCUT2D eigenvalue weighted by atomic mass is 16.4. The summed E-state index contributed by atoms with van der Waals surface area (Å²) in [7, 11) is 0. The number of carboxylic acids is 1. The third-order valence-corrected chi connectivity index (χ3v) is 9.02. The summed E-state index contributed by atoms with van der Waals surface area (Å²) in [5, 5.41) is 33.6. The quantitative estimate of drug-likeness (QED) is 0.0655. The Kier molecular flexibility index (Phi) is 18.5. The third kappa shape index (κ3) is 14.4. The smallest absolute Gasteiger partial charge is 0.326 e. The lowest BCUT2D eigenvalue weighted by atomic mass is 9.99. The predicted octanol–water partition coefficient (Wildman–Crippen LogP) is -2.09. The van der Waals surface area contributed by atoms with Gasteiger partial charge in [0, 0.05) is 6.54 Å². The zero-order chi connectivity index (χ0) is 40.5. The molecule has 7 atom stereocenters. The Hall–Kier alpha value is -5.10. The van der Waals surface area contributed by atoms with Crippen molar-refractivity contribution < 1.29 is 48.6 Å². The molecule has 1 fully saturated rings. The second kappa shape index (κ2) is 22.2. The van der Waals surface area contributed by atoms with E-state index in [-0.39, 0.29) is 24.2 Å². The number of nitrogens with two attached hydrogens (primary N) is 1. The number of aliphatic carboxylic acids is 1. The standard InChI is InChI=1S/C36H56N8O10/c1-6-21(4)30(36(53)54)43-29(47)18-38-31(48)22(5)40-33(50)26(19-45)42-32(49)25(15-20(2)3)41-28(46)17-39-34(51)27-13-10-14-44(27)35(52)24(37)16-23-11-8-7-9-12-23/h7-9,11-12,20-22,24-27,30,45H,6,10,13-19,37H2,1-5H3,(H,38,48)(H,39,51)(H,40,50)(H,41,46)(H,42,49)(H,43,47)(H,53,54)/t21-,22-,24-,25-,26-,27-,30-/m0/s1. The minimum absolute atomic E-state index is 0.105. The Bertz CT molecular complexity index is 1480. The molecular formula is C36H56N8O10. The van der Waals surface area contributed by atoms with Crippen molar-refractivity contribution in [3.8, 4) is 0 Å². The van der Waals surface area contributed by atoms with E-state index >= 15 is 0 Å². The second-order valence-electron chi connectivity index (χ2n) is 13.9. The largest absolute Gasteiger partial charge is 0.480 e. The van der Waals surface area contributed by atoms with Crippen molar-refractivity contribution in [1.29, 1.82) is 0 Å². The molecule has 0 unspecified atom stereocenters. The van der Waals surface area contributed by atoms with E-state index in [0.29, 0.717) is 32.2 Å². The van der Waals surface area contributed by atoms with Crippen molar-refractivity contribution in [2.24, 2.45) is 17.6 Å². The molecule has 18 heteroatoms. The number of rotatable bonds is 21. The Morgan fingerprint density at radius 1 is 0.833 bits per heavy atom. The van der Waals surface area contributed by atoms with Crippen LogP contribution in [0.5, 0.6) is 0 Å². The molecule has 0 saturated carbocycles. The minimum Gasteiger partial charge on any atom is -0.480 e. The van der Waals surface area contributed by atoms with Gasteiger partial charge in [-0.15, -0.1) is 0 Å². The normalized spacial score (nSPS) is 17.2. The minimum atomic E-state index is -1.52. The van der Waals surface area contributed by atoms with Gasteiger partial charge in [-0.25, -0.2) is 4.79 Å². The molecule has 0 spiro atoms. The van der Waals surface area contributed by atoms with Crippen LogP contribution < -0.4 is 37.6 Å².